The Morgan fingerprint density at radius 2 is 1.71 bits per heavy atom. The van der Waals surface area contributed by atoms with E-state index in [4.69, 9.17) is 0 Å². The molecule has 1 aliphatic heterocycles. The Balaban J connectivity index is 1.54. The van der Waals surface area contributed by atoms with Crippen molar-refractivity contribution in [1.29, 1.82) is 0 Å². The van der Waals surface area contributed by atoms with Gasteiger partial charge in [-0.25, -0.2) is 0 Å². The predicted octanol–water partition coefficient (Wildman–Crippen LogP) is 3.74. The minimum atomic E-state index is -4.59. The van der Waals surface area contributed by atoms with Crippen molar-refractivity contribution in [3.8, 4) is 0 Å². The number of halogens is 3. The molecule has 0 spiro atoms. The third-order valence-electron chi connectivity index (χ3n) is 7.28. The van der Waals surface area contributed by atoms with Crippen LogP contribution in [0.4, 0.5) is 13.2 Å². The highest BCUT2D eigenvalue weighted by Gasteiger charge is 2.50. The van der Waals surface area contributed by atoms with Crippen molar-refractivity contribution in [2.45, 2.75) is 55.9 Å². The van der Waals surface area contributed by atoms with Gasteiger partial charge in [0.2, 0.25) is 5.91 Å². The third-order valence-corrected chi connectivity index (χ3v) is 8.65. The Labute approximate surface area is 246 Å². The first-order valence-corrected chi connectivity index (χ1v) is 14.3. The molecule has 224 valence electrons. The highest BCUT2D eigenvalue weighted by Crippen LogP contribution is 2.40. The van der Waals surface area contributed by atoms with Crippen molar-refractivity contribution in [3.05, 3.63) is 95.3 Å². The first kappa shape index (κ1) is 31.2. The van der Waals surface area contributed by atoms with Crippen molar-refractivity contribution in [1.82, 2.24) is 20.1 Å². The standard InChI is InChI=1S/C30H33F3N4O4S/c1-29(2)25(27(40)34-17-20-12-7-8-13-21(20)30(31,32)33)37(18-42-29)28(41)24(38)22(16-19-10-5-4-6-11-19)35-26(39)23-14-9-15-36(23)3/h4-15,22,24-25,38H,16-18H2,1-3H3,(H,34,40)(H,35,39)/t22-,24-,25+/m0/s1. The lowest BCUT2D eigenvalue weighted by Crippen LogP contribution is -2.58. The number of aryl methyl sites for hydroxylation is 1. The van der Waals surface area contributed by atoms with Gasteiger partial charge >= 0.3 is 6.18 Å². The number of rotatable bonds is 9. The maximum atomic E-state index is 13.8. The van der Waals surface area contributed by atoms with E-state index in [2.05, 4.69) is 10.6 Å². The third kappa shape index (κ3) is 6.99. The van der Waals surface area contributed by atoms with Crippen molar-refractivity contribution in [2.24, 2.45) is 7.05 Å². The van der Waals surface area contributed by atoms with Crippen molar-refractivity contribution in [2.75, 3.05) is 5.88 Å². The van der Waals surface area contributed by atoms with Crippen molar-refractivity contribution < 1.29 is 32.7 Å². The molecule has 3 atom stereocenters. The molecule has 0 radical (unpaired) electrons. The summed E-state index contributed by atoms with van der Waals surface area (Å²) >= 11 is 1.31. The number of aliphatic hydroxyl groups excluding tert-OH is 1. The number of nitrogens with one attached hydrogen (secondary N) is 2. The van der Waals surface area contributed by atoms with E-state index in [9.17, 15) is 32.7 Å². The highest BCUT2D eigenvalue weighted by atomic mass is 32.2. The van der Waals surface area contributed by atoms with E-state index in [0.29, 0.717) is 5.69 Å². The molecule has 12 heteroatoms. The van der Waals surface area contributed by atoms with Crippen LogP contribution in [0.1, 0.15) is 41.0 Å². The number of hydrogen-bond acceptors (Lipinski definition) is 5. The summed E-state index contributed by atoms with van der Waals surface area (Å²) < 4.78 is 41.2. The maximum Gasteiger partial charge on any atom is 0.416 e. The van der Waals surface area contributed by atoms with Crippen molar-refractivity contribution in [3.63, 3.8) is 0 Å². The number of alkyl halides is 3. The summed E-state index contributed by atoms with van der Waals surface area (Å²) in [5, 5.41) is 16.7. The molecule has 3 amide bonds. The molecule has 2 heterocycles. The van der Waals surface area contributed by atoms with Gasteiger partial charge in [-0.05, 0) is 49.6 Å². The Bertz CT molecular complexity index is 1430. The number of carbonyl (C=O) groups excluding carboxylic acids is 3. The molecule has 0 saturated carbocycles. The van der Waals surface area contributed by atoms with Crippen LogP contribution >= 0.6 is 11.8 Å². The summed E-state index contributed by atoms with van der Waals surface area (Å²) in [5.74, 6) is -1.82. The fourth-order valence-electron chi connectivity index (χ4n) is 5.03. The van der Waals surface area contributed by atoms with E-state index in [1.54, 1.807) is 55.9 Å². The molecule has 0 bridgehead atoms. The van der Waals surface area contributed by atoms with Crippen LogP contribution in [0.2, 0.25) is 0 Å². The van der Waals surface area contributed by atoms with Gasteiger partial charge in [0.25, 0.3) is 11.8 Å². The number of thioether (sulfide) groups is 1. The second kappa shape index (κ2) is 12.6. The van der Waals surface area contributed by atoms with Crippen LogP contribution in [0.15, 0.2) is 72.9 Å². The monoisotopic (exact) mass is 602 g/mol. The summed E-state index contributed by atoms with van der Waals surface area (Å²) in [6.45, 7) is 3.12. The molecular weight excluding hydrogens is 569 g/mol. The van der Waals surface area contributed by atoms with Crippen LogP contribution in [0, 0.1) is 0 Å². The summed E-state index contributed by atoms with van der Waals surface area (Å²) in [5.41, 5.74) is 0.148. The summed E-state index contributed by atoms with van der Waals surface area (Å²) in [6.07, 6.45) is -4.46. The molecule has 1 saturated heterocycles. The fourth-order valence-corrected chi connectivity index (χ4v) is 6.17. The smallest absolute Gasteiger partial charge is 0.381 e. The van der Waals surface area contributed by atoms with Gasteiger partial charge < -0.3 is 25.2 Å². The zero-order valence-corrected chi connectivity index (χ0v) is 24.2. The fraction of sp³-hybridized carbons (Fsp3) is 0.367. The van der Waals surface area contributed by atoms with Crippen LogP contribution < -0.4 is 10.6 Å². The number of amides is 3. The minimum Gasteiger partial charge on any atom is -0.381 e. The second-order valence-electron chi connectivity index (χ2n) is 10.7. The molecule has 3 aromatic rings. The summed E-state index contributed by atoms with van der Waals surface area (Å²) in [6, 6.07) is 15.2. The van der Waals surface area contributed by atoms with Crippen LogP contribution in [-0.2, 0) is 35.8 Å². The van der Waals surface area contributed by atoms with Crippen molar-refractivity contribution >= 4 is 29.5 Å². The lowest BCUT2D eigenvalue weighted by molar-refractivity contribution is -0.147. The van der Waals surface area contributed by atoms with E-state index >= 15 is 0 Å². The van der Waals surface area contributed by atoms with Gasteiger partial charge in [-0.3, -0.25) is 14.4 Å². The molecule has 3 N–H and O–H groups in total. The average molecular weight is 603 g/mol. The van der Waals surface area contributed by atoms with Crippen LogP contribution in [0.3, 0.4) is 0 Å². The number of aromatic nitrogens is 1. The van der Waals surface area contributed by atoms with Crippen LogP contribution in [0.25, 0.3) is 0 Å². The van der Waals surface area contributed by atoms with E-state index in [1.807, 2.05) is 18.2 Å². The molecule has 0 aliphatic carbocycles. The number of aliphatic hydroxyl groups is 1. The maximum absolute atomic E-state index is 13.8. The van der Waals surface area contributed by atoms with E-state index < -0.39 is 52.4 Å². The first-order valence-electron chi connectivity index (χ1n) is 13.3. The number of benzene rings is 2. The van der Waals surface area contributed by atoms with Crippen LogP contribution in [-0.4, -0.2) is 61.1 Å². The first-order chi connectivity index (χ1) is 19.8. The van der Waals surface area contributed by atoms with Gasteiger partial charge in [-0.1, -0.05) is 48.5 Å². The van der Waals surface area contributed by atoms with Gasteiger partial charge in [0.05, 0.1) is 17.5 Å². The van der Waals surface area contributed by atoms with Gasteiger partial charge in [-0.15, -0.1) is 11.8 Å². The minimum absolute atomic E-state index is 0.0733. The lowest BCUT2D eigenvalue weighted by Gasteiger charge is -2.33. The number of hydrogen-bond donors (Lipinski definition) is 3. The van der Waals surface area contributed by atoms with Gasteiger partial charge in [-0.2, -0.15) is 13.2 Å². The number of nitrogens with zero attached hydrogens (tertiary/aromatic N) is 2. The topological polar surface area (TPSA) is 104 Å². The quantitative estimate of drug-likeness (QED) is 0.346. The lowest BCUT2D eigenvalue weighted by atomic mass is 9.97. The Kier molecular flexibility index (Phi) is 9.37. The van der Waals surface area contributed by atoms with E-state index in [1.165, 1.54) is 34.9 Å². The molecule has 0 unspecified atom stereocenters. The van der Waals surface area contributed by atoms with Gasteiger partial charge in [0, 0.05) is 24.5 Å². The summed E-state index contributed by atoms with van der Waals surface area (Å²) in [4.78, 5) is 41.4. The van der Waals surface area contributed by atoms with E-state index in [-0.39, 0.29) is 24.4 Å². The van der Waals surface area contributed by atoms with Gasteiger partial charge in [0.15, 0.2) is 6.10 Å². The molecule has 42 heavy (non-hydrogen) atoms. The highest BCUT2D eigenvalue weighted by molar-refractivity contribution is 8.00. The summed E-state index contributed by atoms with van der Waals surface area (Å²) in [7, 11) is 1.70. The molecule has 8 nitrogen and oxygen atoms in total. The Hall–Kier alpha value is -3.77. The van der Waals surface area contributed by atoms with Crippen LogP contribution in [0.5, 0.6) is 0 Å². The molecule has 2 aromatic carbocycles. The van der Waals surface area contributed by atoms with Gasteiger partial charge in [0.1, 0.15) is 11.7 Å². The van der Waals surface area contributed by atoms with E-state index in [0.717, 1.165) is 11.6 Å². The SMILES string of the molecule is Cn1cccc1C(=O)N[C@@H](Cc1ccccc1)[C@H](O)C(=O)N1CSC(C)(C)[C@H]1C(=O)NCc1ccccc1C(F)(F)F. The Morgan fingerprint density at radius 3 is 2.36 bits per heavy atom. The number of carbonyl (C=O) groups is 3. The molecule has 4 rings (SSSR count). The zero-order valence-electron chi connectivity index (χ0n) is 23.4. The molecule has 1 aromatic heterocycles. The average Bonchev–Trinajstić information content (AvgIpc) is 3.52. The second-order valence-corrected chi connectivity index (χ2v) is 12.3. The predicted molar refractivity (Wildman–Crippen MR) is 153 cm³/mol. The molecular formula is C30H33F3N4O4S. The zero-order chi connectivity index (χ0) is 30.7. The normalized spacial score (nSPS) is 17.9. The molecule has 1 fully saturated rings. The Morgan fingerprint density at radius 1 is 1.05 bits per heavy atom. The largest absolute Gasteiger partial charge is 0.416 e. The molecule has 1 aliphatic rings.